The Hall–Kier alpha value is -1.96. The first-order valence-electron chi connectivity index (χ1n) is 5.86. The Morgan fingerprint density at radius 2 is 2.00 bits per heavy atom. The molecule has 2 aromatic carbocycles. The molecule has 17 heavy (non-hydrogen) atoms. The number of fused-ring (bicyclic) bond motifs is 1. The normalized spacial score (nSPS) is 13.2. The van der Waals surface area contributed by atoms with E-state index in [9.17, 15) is 0 Å². The summed E-state index contributed by atoms with van der Waals surface area (Å²) in [4.78, 5) is 0. The zero-order chi connectivity index (χ0) is 11.8. The smallest absolute Gasteiger partial charge is 0.122 e. The monoisotopic (exact) mass is 225 g/mol. The Morgan fingerprint density at radius 1 is 1.12 bits per heavy atom. The zero-order valence-corrected chi connectivity index (χ0v) is 9.86. The molecule has 0 atom stereocenters. The van der Waals surface area contributed by atoms with Crippen LogP contribution in [0.2, 0.25) is 0 Å². The van der Waals surface area contributed by atoms with Crippen LogP contribution in [0.25, 0.3) is 11.1 Å². The molecule has 1 aliphatic heterocycles. The Labute approximate surface area is 101 Å². The average molecular weight is 225 g/mol. The highest BCUT2D eigenvalue weighted by Crippen LogP contribution is 2.33. The molecule has 0 aliphatic carbocycles. The van der Waals surface area contributed by atoms with Crippen LogP contribution in [0.1, 0.15) is 11.1 Å². The second-order valence-corrected chi connectivity index (χ2v) is 4.51. The first-order chi connectivity index (χ1) is 8.24. The topological polar surface area (TPSA) is 35.2 Å². The van der Waals surface area contributed by atoms with E-state index in [1.54, 1.807) is 0 Å². The minimum absolute atomic E-state index is 0.794. The van der Waals surface area contributed by atoms with Gasteiger partial charge in [-0.15, -0.1) is 0 Å². The van der Waals surface area contributed by atoms with Gasteiger partial charge in [-0.05, 0) is 42.3 Å². The number of nitrogens with two attached hydrogens (primary N) is 1. The molecular weight excluding hydrogens is 210 g/mol. The molecule has 2 heteroatoms. The molecule has 2 nitrogen and oxygen atoms in total. The Bertz CT molecular complexity index is 575. The Morgan fingerprint density at radius 3 is 2.88 bits per heavy atom. The molecule has 0 spiro atoms. The van der Waals surface area contributed by atoms with Crippen molar-refractivity contribution in [2.24, 2.45) is 0 Å². The van der Waals surface area contributed by atoms with Gasteiger partial charge >= 0.3 is 0 Å². The van der Waals surface area contributed by atoms with Crippen molar-refractivity contribution in [3.63, 3.8) is 0 Å². The highest BCUT2D eigenvalue weighted by atomic mass is 16.5. The quantitative estimate of drug-likeness (QED) is 0.756. The largest absolute Gasteiger partial charge is 0.493 e. The summed E-state index contributed by atoms with van der Waals surface area (Å²) in [7, 11) is 0. The van der Waals surface area contributed by atoms with Crippen LogP contribution in [0.5, 0.6) is 5.75 Å². The molecule has 0 fully saturated rings. The number of nitrogen functional groups attached to an aromatic ring is 1. The molecule has 1 heterocycles. The molecule has 86 valence electrons. The summed E-state index contributed by atoms with van der Waals surface area (Å²) in [5.41, 5.74) is 11.7. The van der Waals surface area contributed by atoms with Crippen LogP contribution in [-0.2, 0) is 6.42 Å². The zero-order valence-electron chi connectivity index (χ0n) is 9.86. The van der Waals surface area contributed by atoms with Crippen molar-refractivity contribution in [3.8, 4) is 16.9 Å². The Balaban J connectivity index is 2.12. The van der Waals surface area contributed by atoms with Gasteiger partial charge in [-0.1, -0.05) is 17.7 Å². The number of anilines is 1. The van der Waals surface area contributed by atoms with Crippen molar-refractivity contribution in [1.82, 2.24) is 0 Å². The third-order valence-electron chi connectivity index (χ3n) is 3.21. The molecule has 1 aliphatic rings. The summed E-state index contributed by atoms with van der Waals surface area (Å²) < 4.78 is 5.51. The van der Waals surface area contributed by atoms with Gasteiger partial charge in [0, 0.05) is 17.7 Å². The molecule has 0 unspecified atom stereocenters. The third-order valence-corrected chi connectivity index (χ3v) is 3.21. The molecule has 2 aromatic rings. The summed E-state index contributed by atoms with van der Waals surface area (Å²) in [5.74, 6) is 1.01. The van der Waals surface area contributed by atoms with Crippen LogP contribution in [0, 0.1) is 6.92 Å². The van der Waals surface area contributed by atoms with Crippen LogP contribution in [0.15, 0.2) is 36.4 Å². The molecule has 0 radical (unpaired) electrons. The molecule has 0 aromatic heterocycles. The van der Waals surface area contributed by atoms with Crippen LogP contribution < -0.4 is 10.5 Å². The van der Waals surface area contributed by atoms with Gasteiger partial charge in [0.1, 0.15) is 5.75 Å². The summed E-state index contributed by atoms with van der Waals surface area (Å²) in [6.07, 6.45) is 0.995. The fourth-order valence-corrected chi connectivity index (χ4v) is 2.27. The highest BCUT2D eigenvalue weighted by molar-refractivity contribution is 5.77. The molecule has 3 rings (SSSR count). The Kier molecular flexibility index (Phi) is 2.29. The maximum absolute atomic E-state index is 6.04. The van der Waals surface area contributed by atoms with Crippen molar-refractivity contribution in [2.75, 3.05) is 12.3 Å². The number of hydrogen-bond donors (Lipinski definition) is 1. The van der Waals surface area contributed by atoms with Crippen molar-refractivity contribution < 1.29 is 4.74 Å². The maximum atomic E-state index is 6.04. The van der Waals surface area contributed by atoms with Gasteiger partial charge < -0.3 is 10.5 Å². The number of hydrogen-bond acceptors (Lipinski definition) is 2. The lowest BCUT2D eigenvalue weighted by Crippen LogP contribution is -1.91. The van der Waals surface area contributed by atoms with Gasteiger partial charge in [0.2, 0.25) is 0 Å². The van der Waals surface area contributed by atoms with Crippen molar-refractivity contribution >= 4 is 5.69 Å². The van der Waals surface area contributed by atoms with E-state index in [0.717, 1.165) is 30.0 Å². The highest BCUT2D eigenvalue weighted by Gasteiger charge is 2.13. The van der Waals surface area contributed by atoms with E-state index in [2.05, 4.69) is 25.1 Å². The van der Waals surface area contributed by atoms with E-state index in [1.807, 2.05) is 18.2 Å². The molecule has 0 saturated carbocycles. The molecule has 0 saturated heterocycles. The van der Waals surface area contributed by atoms with Crippen molar-refractivity contribution in [3.05, 3.63) is 47.5 Å². The molecule has 2 N–H and O–H groups in total. The van der Waals surface area contributed by atoms with E-state index >= 15 is 0 Å². The van der Waals surface area contributed by atoms with E-state index in [1.165, 1.54) is 16.7 Å². The van der Waals surface area contributed by atoms with Crippen LogP contribution in [-0.4, -0.2) is 6.61 Å². The van der Waals surface area contributed by atoms with Crippen LogP contribution >= 0.6 is 0 Å². The van der Waals surface area contributed by atoms with E-state index in [0.29, 0.717) is 0 Å². The lowest BCUT2D eigenvalue weighted by atomic mass is 9.99. The standard InChI is InChI=1S/C15H15NO/c1-10-2-4-14(16)13(8-10)11-3-5-15-12(9-11)6-7-17-15/h2-5,8-9H,6-7,16H2,1H3. The lowest BCUT2D eigenvalue weighted by Gasteiger charge is -2.08. The second-order valence-electron chi connectivity index (χ2n) is 4.51. The predicted octanol–water partition coefficient (Wildman–Crippen LogP) is 3.18. The van der Waals surface area contributed by atoms with E-state index < -0.39 is 0 Å². The van der Waals surface area contributed by atoms with Gasteiger partial charge in [0.25, 0.3) is 0 Å². The molecule has 0 bridgehead atoms. The van der Waals surface area contributed by atoms with Gasteiger partial charge in [-0.3, -0.25) is 0 Å². The van der Waals surface area contributed by atoms with E-state index in [-0.39, 0.29) is 0 Å². The molecule has 0 amide bonds. The first-order valence-corrected chi connectivity index (χ1v) is 5.86. The number of rotatable bonds is 1. The fourth-order valence-electron chi connectivity index (χ4n) is 2.27. The summed E-state index contributed by atoms with van der Waals surface area (Å²) in [5, 5.41) is 0. The van der Waals surface area contributed by atoms with Crippen LogP contribution in [0.4, 0.5) is 5.69 Å². The van der Waals surface area contributed by atoms with Gasteiger partial charge in [0.15, 0.2) is 0 Å². The second kappa shape index (κ2) is 3.81. The van der Waals surface area contributed by atoms with Crippen LogP contribution in [0.3, 0.4) is 0 Å². The predicted molar refractivity (Wildman–Crippen MR) is 70.2 cm³/mol. The number of benzene rings is 2. The summed E-state index contributed by atoms with van der Waals surface area (Å²) in [6.45, 7) is 2.88. The van der Waals surface area contributed by atoms with Gasteiger partial charge in [-0.25, -0.2) is 0 Å². The minimum atomic E-state index is 0.794. The maximum Gasteiger partial charge on any atom is 0.122 e. The van der Waals surface area contributed by atoms with Crippen molar-refractivity contribution in [2.45, 2.75) is 13.3 Å². The first kappa shape index (κ1) is 10.2. The minimum Gasteiger partial charge on any atom is -0.493 e. The van der Waals surface area contributed by atoms with E-state index in [4.69, 9.17) is 10.5 Å². The van der Waals surface area contributed by atoms with Gasteiger partial charge in [-0.2, -0.15) is 0 Å². The third kappa shape index (κ3) is 1.76. The van der Waals surface area contributed by atoms with Gasteiger partial charge in [0.05, 0.1) is 6.61 Å². The molecular formula is C15H15NO. The SMILES string of the molecule is Cc1ccc(N)c(-c2ccc3c(c2)CCO3)c1. The fraction of sp³-hybridized carbons (Fsp3) is 0.200. The average Bonchev–Trinajstić information content (AvgIpc) is 2.79. The number of aryl methyl sites for hydroxylation is 1. The summed E-state index contributed by atoms with van der Waals surface area (Å²) in [6, 6.07) is 12.4. The summed E-state index contributed by atoms with van der Waals surface area (Å²) >= 11 is 0. The number of ether oxygens (including phenoxy) is 1. The lowest BCUT2D eigenvalue weighted by molar-refractivity contribution is 0.357. The van der Waals surface area contributed by atoms with Crippen molar-refractivity contribution in [1.29, 1.82) is 0 Å².